The molecule has 2 fully saturated rings. The van der Waals surface area contributed by atoms with Crippen molar-refractivity contribution in [2.45, 2.75) is 12.8 Å². The molecule has 2 aliphatic rings. The number of methoxy groups -OCH3 is 1. The molecule has 0 aromatic carbocycles. The molecule has 106 valence electrons. The number of ether oxygens (including phenoxy) is 2. The van der Waals surface area contributed by atoms with Gasteiger partial charge in [-0.25, -0.2) is 9.59 Å². The number of nitrogens with one attached hydrogen (secondary N) is 1. The molecule has 1 aliphatic carbocycles. The van der Waals surface area contributed by atoms with Crippen LogP contribution >= 0.6 is 0 Å². The number of nitro groups is 1. The van der Waals surface area contributed by atoms with E-state index in [0.29, 0.717) is 13.2 Å². The quantitative estimate of drug-likeness (QED) is 0.578. The Hall–Kier alpha value is -1.70. The smallest absolute Gasteiger partial charge is 0.449 e. The number of alkyl carbamates (subject to hydrolysis) is 1. The second-order valence-electron chi connectivity index (χ2n) is 5.24. The number of carbonyl (C=O) groups excluding carboxylic acids is 2. The molecule has 1 saturated carbocycles. The number of carbonyl (C=O) groups is 2. The zero-order valence-electron chi connectivity index (χ0n) is 10.6. The van der Waals surface area contributed by atoms with Crippen molar-refractivity contribution in [1.29, 1.82) is 0 Å². The van der Waals surface area contributed by atoms with E-state index in [9.17, 15) is 19.7 Å². The van der Waals surface area contributed by atoms with Crippen LogP contribution in [0, 0.1) is 27.4 Å². The molecule has 19 heavy (non-hydrogen) atoms. The minimum Gasteiger partial charge on any atom is -0.453 e. The molecule has 1 spiro atoms. The highest BCUT2D eigenvalue weighted by Gasteiger charge is 2.54. The van der Waals surface area contributed by atoms with Gasteiger partial charge in [0.15, 0.2) is 0 Å². The maximum absolute atomic E-state index is 11.6. The van der Waals surface area contributed by atoms with E-state index >= 15 is 0 Å². The molecule has 0 radical (unpaired) electrons. The van der Waals surface area contributed by atoms with E-state index in [0.717, 1.165) is 12.8 Å². The summed E-state index contributed by atoms with van der Waals surface area (Å²) < 4.78 is 9.52. The van der Waals surface area contributed by atoms with E-state index in [4.69, 9.17) is 4.74 Å². The highest BCUT2D eigenvalue weighted by Crippen LogP contribution is 2.53. The van der Waals surface area contributed by atoms with Crippen molar-refractivity contribution in [1.82, 2.24) is 5.32 Å². The third-order valence-corrected chi connectivity index (χ3v) is 3.92. The van der Waals surface area contributed by atoms with Crippen LogP contribution in [-0.4, -0.2) is 43.8 Å². The third kappa shape index (κ3) is 2.67. The fourth-order valence-electron chi connectivity index (χ4n) is 2.82. The number of hydrogen-bond donors (Lipinski definition) is 1. The van der Waals surface area contributed by atoms with E-state index in [1.807, 2.05) is 0 Å². The van der Waals surface area contributed by atoms with Crippen molar-refractivity contribution >= 4 is 12.0 Å². The summed E-state index contributed by atoms with van der Waals surface area (Å²) in [6.45, 7) is 1.26. The van der Waals surface area contributed by atoms with Crippen molar-refractivity contribution in [2.24, 2.45) is 17.3 Å². The van der Waals surface area contributed by atoms with Crippen molar-refractivity contribution in [3.05, 3.63) is 10.1 Å². The van der Waals surface area contributed by atoms with Gasteiger partial charge in [0.1, 0.15) is 10.8 Å². The summed E-state index contributed by atoms with van der Waals surface area (Å²) in [5.74, 6) is -1.91. The summed E-state index contributed by atoms with van der Waals surface area (Å²) >= 11 is 0. The normalized spacial score (nSPS) is 21.9. The SMILES string of the molecule is COC(=O)NC[C@H](C(=O)[N+](=O)[O-])C1CC2(COC2)C1. The van der Waals surface area contributed by atoms with E-state index in [1.54, 1.807) is 0 Å². The Balaban J connectivity index is 1.92. The molecule has 1 saturated heterocycles. The van der Waals surface area contributed by atoms with E-state index in [1.165, 1.54) is 7.11 Å². The standard InChI is InChI=1S/C11H16N2O6/c1-18-10(15)12-4-8(9(14)13(16)17)7-2-11(3-7)5-19-6-11/h7-8H,2-6H2,1H3,(H,12,15)/t8-/m0/s1. The maximum atomic E-state index is 11.6. The number of hydrogen-bond acceptors (Lipinski definition) is 6. The predicted octanol–water partition coefficient (Wildman–Crippen LogP) is 0.188. The molecule has 2 amide bonds. The molecular weight excluding hydrogens is 256 g/mol. The summed E-state index contributed by atoms with van der Waals surface area (Å²) in [4.78, 5) is 32.3. The van der Waals surface area contributed by atoms with Gasteiger partial charge in [-0.3, -0.25) is 10.1 Å². The molecule has 1 heterocycles. The van der Waals surface area contributed by atoms with Crippen molar-refractivity contribution in [3.8, 4) is 0 Å². The average molecular weight is 272 g/mol. The van der Waals surface area contributed by atoms with Crippen LogP contribution in [0.25, 0.3) is 0 Å². The molecule has 8 nitrogen and oxygen atoms in total. The van der Waals surface area contributed by atoms with Gasteiger partial charge in [-0.15, -0.1) is 0 Å². The zero-order chi connectivity index (χ0) is 14.0. The van der Waals surface area contributed by atoms with Gasteiger partial charge in [0.25, 0.3) is 0 Å². The fraction of sp³-hybridized carbons (Fsp3) is 0.818. The Bertz CT molecular complexity index is 398. The molecule has 1 atom stereocenters. The minimum absolute atomic E-state index is 0.0614. The largest absolute Gasteiger partial charge is 0.453 e. The Morgan fingerprint density at radius 2 is 2.16 bits per heavy atom. The Morgan fingerprint density at radius 3 is 2.58 bits per heavy atom. The molecule has 0 unspecified atom stereocenters. The topological polar surface area (TPSA) is 108 Å². The first-order valence-electron chi connectivity index (χ1n) is 6.05. The van der Waals surface area contributed by atoms with Crippen LogP contribution < -0.4 is 5.32 Å². The van der Waals surface area contributed by atoms with Gasteiger partial charge in [0, 0.05) is 12.0 Å². The summed E-state index contributed by atoms with van der Waals surface area (Å²) in [7, 11) is 1.20. The number of rotatable bonds is 4. The maximum Gasteiger partial charge on any atom is 0.449 e. The molecule has 0 bridgehead atoms. The molecule has 2 rings (SSSR count). The van der Waals surface area contributed by atoms with Crippen LogP contribution in [0.2, 0.25) is 0 Å². The fourth-order valence-corrected chi connectivity index (χ4v) is 2.82. The summed E-state index contributed by atoms with van der Waals surface area (Å²) in [6, 6.07) is 0. The molecule has 0 aromatic rings. The zero-order valence-corrected chi connectivity index (χ0v) is 10.6. The molecule has 1 aliphatic heterocycles. The van der Waals surface area contributed by atoms with Crippen LogP contribution in [0.1, 0.15) is 12.8 Å². The van der Waals surface area contributed by atoms with Crippen LogP contribution in [0.5, 0.6) is 0 Å². The highest BCUT2D eigenvalue weighted by molar-refractivity contribution is 5.73. The number of amides is 2. The lowest BCUT2D eigenvalue weighted by Crippen LogP contribution is -2.56. The lowest BCUT2D eigenvalue weighted by atomic mass is 9.57. The summed E-state index contributed by atoms with van der Waals surface area (Å²) in [6.07, 6.45) is 0.780. The van der Waals surface area contributed by atoms with Crippen molar-refractivity contribution in [3.63, 3.8) is 0 Å². The highest BCUT2D eigenvalue weighted by atomic mass is 16.6. The van der Waals surface area contributed by atoms with Gasteiger partial charge < -0.3 is 14.8 Å². The number of nitrogens with zero attached hydrogens (tertiary/aromatic N) is 1. The van der Waals surface area contributed by atoms with Gasteiger partial charge >= 0.3 is 12.0 Å². The van der Waals surface area contributed by atoms with Crippen LogP contribution in [0.15, 0.2) is 0 Å². The monoisotopic (exact) mass is 272 g/mol. The van der Waals surface area contributed by atoms with Crippen LogP contribution in [0.3, 0.4) is 0 Å². The third-order valence-electron chi connectivity index (χ3n) is 3.92. The molecular formula is C11H16N2O6. The van der Waals surface area contributed by atoms with Gasteiger partial charge in [-0.1, -0.05) is 0 Å². The van der Waals surface area contributed by atoms with Crippen molar-refractivity contribution < 1.29 is 24.0 Å². The minimum atomic E-state index is -1.04. The van der Waals surface area contributed by atoms with Crippen LogP contribution in [0.4, 0.5) is 4.79 Å². The summed E-state index contributed by atoms with van der Waals surface area (Å²) in [5.41, 5.74) is 0.116. The molecule has 8 heteroatoms. The first-order valence-corrected chi connectivity index (χ1v) is 6.05. The van der Waals surface area contributed by atoms with Gasteiger partial charge in [0.2, 0.25) is 0 Å². The van der Waals surface area contributed by atoms with Gasteiger partial charge in [0.05, 0.1) is 20.3 Å². The van der Waals surface area contributed by atoms with Gasteiger partial charge in [-0.05, 0) is 18.8 Å². The van der Waals surface area contributed by atoms with Gasteiger partial charge in [-0.2, -0.15) is 0 Å². The average Bonchev–Trinajstić information content (AvgIpc) is 2.27. The molecule has 1 N–H and O–H groups in total. The van der Waals surface area contributed by atoms with Crippen LogP contribution in [-0.2, 0) is 14.3 Å². The van der Waals surface area contributed by atoms with E-state index < -0.39 is 22.8 Å². The first kappa shape index (κ1) is 13.7. The lowest BCUT2D eigenvalue weighted by molar-refractivity contribution is -0.409. The first-order chi connectivity index (χ1) is 8.97. The van der Waals surface area contributed by atoms with E-state index in [-0.39, 0.29) is 17.9 Å². The predicted molar refractivity (Wildman–Crippen MR) is 61.9 cm³/mol. The Kier molecular flexibility index (Phi) is 3.70. The van der Waals surface area contributed by atoms with E-state index in [2.05, 4.69) is 10.1 Å². The Morgan fingerprint density at radius 1 is 1.53 bits per heavy atom. The lowest BCUT2D eigenvalue weighted by Gasteiger charge is -2.54. The molecule has 0 aromatic heterocycles. The second-order valence-corrected chi connectivity index (χ2v) is 5.24. The van der Waals surface area contributed by atoms with Crippen molar-refractivity contribution in [2.75, 3.05) is 26.9 Å². The summed E-state index contributed by atoms with van der Waals surface area (Å²) in [5, 5.41) is 13.0. The second kappa shape index (κ2) is 5.12. The Labute approximate surface area is 109 Å².